The zero-order valence-corrected chi connectivity index (χ0v) is 11.9. The largest absolute Gasteiger partial charge is 0.294 e. The average molecular weight is 272 g/mol. The van der Waals surface area contributed by atoms with Crippen LogP contribution < -0.4 is 0 Å². The lowest BCUT2D eigenvalue weighted by Crippen LogP contribution is -2.28. The quantitative estimate of drug-likeness (QED) is 0.796. The van der Waals surface area contributed by atoms with Crippen molar-refractivity contribution < 1.29 is 9.18 Å². The highest BCUT2D eigenvalue weighted by Crippen LogP contribution is 2.35. The topological polar surface area (TPSA) is 34.9 Å². The van der Waals surface area contributed by atoms with Gasteiger partial charge in [-0.25, -0.2) is 9.07 Å². The van der Waals surface area contributed by atoms with Gasteiger partial charge in [-0.15, -0.1) is 0 Å². The Balaban J connectivity index is 2.16. The van der Waals surface area contributed by atoms with Gasteiger partial charge in [0.25, 0.3) is 0 Å². The summed E-state index contributed by atoms with van der Waals surface area (Å²) in [5.41, 5.74) is 3.22. The fourth-order valence-electron chi connectivity index (χ4n) is 2.89. The summed E-state index contributed by atoms with van der Waals surface area (Å²) in [4.78, 5) is 12.2. The number of hydrogen-bond donors (Lipinski definition) is 0. The molecular weight excluding hydrogens is 255 g/mol. The van der Waals surface area contributed by atoms with Crippen LogP contribution in [0.15, 0.2) is 24.4 Å². The minimum atomic E-state index is -0.260. The molecule has 1 heterocycles. The number of Topliss-reactive ketones (excluding diaryl/α,β-unsaturated/α-hetero) is 1. The third-order valence-corrected chi connectivity index (χ3v) is 3.84. The number of aryl methyl sites for hydroxylation is 1. The molecule has 20 heavy (non-hydrogen) atoms. The SMILES string of the molecule is Cc1cc(F)ccc1-n1ncc2c1CC(C)(C)CC2=O. The molecule has 1 aromatic heterocycles. The van der Waals surface area contributed by atoms with Gasteiger partial charge in [-0.05, 0) is 42.5 Å². The second-order valence-corrected chi connectivity index (χ2v) is 6.29. The summed E-state index contributed by atoms with van der Waals surface area (Å²) in [5.74, 6) is -0.119. The lowest BCUT2D eigenvalue weighted by molar-refractivity contribution is 0.0911. The average Bonchev–Trinajstić information content (AvgIpc) is 2.71. The van der Waals surface area contributed by atoms with Crippen LogP contribution in [0.1, 0.15) is 41.9 Å². The van der Waals surface area contributed by atoms with Crippen LogP contribution in [0, 0.1) is 18.2 Å². The first-order valence-corrected chi connectivity index (χ1v) is 6.74. The minimum Gasteiger partial charge on any atom is -0.294 e. The third-order valence-electron chi connectivity index (χ3n) is 3.84. The molecule has 0 unspecified atom stereocenters. The first-order valence-electron chi connectivity index (χ1n) is 6.74. The number of fused-ring (bicyclic) bond motifs is 1. The lowest BCUT2D eigenvalue weighted by Gasteiger charge is -2.29. The Morgan fingerprint density at radius 2 is 2.05 bits per heavy atom. The highest BCUT2D eigenvalue weighted by atomic mass is 19.1. The van der Waals surface area contributed by atoms with E-state index in [4.69, 9.17) is 0 Å². The summed E-state index contributed by atoms with van der Waals surface area (Å²) in [6, 6.07) is 4.62. The van der Waals surface area contributed by atoms with E-state index in [0.717, 1.165) is 23.4 Å². The van der Waals surface area contributed by atoms with Gasteiger partial charge in [0.05, 0.1) is 23.1 Å². The van der Waals surface area contributed by atoms with Crippen LogP contribution in [0.2, 0.25) is 0 Å². The van der Waals surface area contributed by atoms with E-state index in [1.807, 2.05) is 6.92 Å². The summed E-state index contributed by atoms with van der Waals surface area (Å²) in [7, 11) is 0. The minimum absolute atomic E-state index is 0.0597. The monoisotopic (exact) mass is 272 g/mol. The van der Waals surface area contributed by atoms with Crippen molar-refractivity contribution in [2.24, 2.45) is 5.41 Å². The van der Waals surface area contributed by atoms with E-state index >= 15 is 0 Å². The van der Waals surface area contributed by atoms with Gasteiger partial charge in [0.2, 0.25) is 0 Å². The molecule has 0 atom stereocenters. The van der Waals surface area contributed by atoms with Crippen LogP contribution in [-0.4, -0.2) is 15.6 Å². The van der Waals surface area contributed by atoms with Gasteiger partial charge >= 0.3 is 0 Å². The Morgan fingerprint density at radius 1 is 1.30 bits per heavy atom. The molecule has 0 amide bonds. The highest BCUT2D eigenvalue weighted by Gasteiger charge is 2.34. The first kappa shape index (κ1) is 13.0. The molecule has 1 aliphatic rings. The molecule has 104 valence electrons. The number of benzene rings is 1. The van der Waals surface area contributed by atoms with Gasteiger partial charge in [-0.3, -0.25) is 4.79 Å². The molecule has 1 aliphatic carbocycles. The van der Waals surface area contributed by atoms with Crippen LogP contribution in [-0.2, 0) is 6.42 Å². The Morgan fingerprint density at radius 3 is 2.75 bits per heavy atom. The van der Waals surface area contributed by atoms with Crippen LogP contribution in [0.5, 0.6) is 0 Å². The molecule has 0 radical (unpaired) electrons. The fourth-order valence-corrected chi connectivity index (χ4v) is 2.89. The number of nitrogens with zero attached hydrogens (tertiary/aromatic N) is 2. The standard InChI is InChI=1S/C16H17FN2O/c1-10-6-11(17)4-5-13(10)19-14-7-16(2,3)8-15(20)12(14)9-18-19/h4-6,9H,7-8H2,1-3H3. The van der Waals surface area contributed by atoms with Gasteiger partial charge in [0.15, 0.2) is 5.78 Å². The number of halogens is 1. The smallest absolute Gasteiger partial charge is 0.166 e. The Hall–Kier alpha value is -1.97. The molecule has 4 heteroatoms. The first-order chi connectivity index (χ1) is 9.37. The molecule has 0 aliphatic heterocycles. The number of hydrogen-bond acceptors (Lipinski definition) is 2. The molecule has 0 bridgehead atoms. The predicted octanol–water partition coefficient (Wildman–Crippen LogP) is 3.47. The van der Waals surface area contributed by atoms with E-state index < -0.39 is 0 Å². The summed E-state index contributed by atoms with van der Waals surface area (Å²) in [6.45, 7) is 6.02. The zero-order chi connectivity index (χ0) is 14.5. The van der Waals surface area contributed by atoms with Crippen molar-refractivity contribution in [2.45, 2.75) is 33.6 Å². The molecule has 3 nitrogen and oxygen atoms in total. The molecule has 0 N–H and O–H groups in total. The Kier molecular flexibility index (Phi) is 2.78. The van der Waals surface area contributed by atoms with E-state index in [1.54, 1.807) is 16.9 Å². The van der Waals surface area contributed by atoms with Gasteiger partial charge in [0.1, 0.15) is 5.82 Å². The normalized spacial score (nSPS) is 17.1. The molecule has 1 aromatic carbocycles. The number of carbonyl (C=O) groups is 1. The van der Waals surface area contributed by atoms with E-state index in [1.165, 1.54) is 12.1 Å². The molecule has 0 saturated heterocycles. The molecular formula is C16H17FN2O. The Labute approximate surface area is 117 Å². The number of rotatable bonds is 1. The van der Waals surface area contributed by atoms with Crippen molar-refractivity contribution in [2.75, 3.05) is 0 Å². The van der Waals surface area contributed by atoms with Crippen molar-refractivity contribution >= 4 is 5.78 Å². The van der Waals surface area contributed by atoms with E-state index in [0.29, 0.717) is 12.0 Å². The van der Waals surface area contributed by atoms with Crippen LogP contribution in [0.3, 0.4) is 0 Å². The molecule has 0 fully saturated rings. The predicted molar refractivity (Wildman–Crippen MR) is 74.7 cm³/mol. The van der Waals surface area contributed by atoms with Crippen LogP contribution in [0.25, 0.3) is 5.69 Å². The second-order valence-electron chi connectivity index (χ2n) is 6.29. The van der Waals surface area contributed by atoms with Gasteiger partial charge in [0, 0.05) is 6.42 Å². The van der Waals surface area contributed by atoms with Crippen LogP contribution in [0.4, 0.5) is 4.39 Å². The van der Waals surface area contributed by atoms with Crippen LogP contribution >= 0.6 is 0 Å². The molecule has 2 aromatic rings. The summed E-state index contributed by atoms with van der Waals surface area (Å²) < 4.78 is 15.0. The Bertz CT molecular complexity index is 700. The number of aromatic nitrogens is 2. The summed E-state index contributed by atoms with van der Waals surface area (Å²) >= 11 is 0. The lowest BCUT2D eigenvalue weighted by atomic mass is 9.76. The van der Waals surface area contributed by atoms with Crippen molar-refractivity contribution in [3.63, 3.8) is 0 Å². The highest BCUT2D eigenvalue weighted by molar-refractivity contribution is 5.98. The zero-order valence-electron chi connectivity index (χ0n) is 11.9. The maximum Gasteiger partial charge on any atom is 0.166 e. The maximum absolute atomic E-state index is 13.2. The second kappa shape index (κ2) is 4.27. The van der Waals surface area contributed by atoms with E-state index in [-0.39, 0.29) is 17.0 Å². The van der Waals surface area contributed by atoms with Crippen molar-refractivity contribution in [3.8, 4) is 5.69 Å². The summed E-state index contributed by atoms with van der Waals surface area (Å²) in [5, 5.41) is 4.35. The van der Waals surface area contributed by atoms with Gasteiger partial charge in [-0.2, -0.15) is 5.10 Å². The van der Waals surface area contributed by atoms with Crippen molar-refractivity contribution in [1.29, 1.82) is 0 Å². The molecule has 3 rings (SSSR count). The van der Waals surface area contributed by atoms with Gasteiger partial charge < -0.3 is 0 Å². The van der Waals surface area contributed by atoms with E-state index in [9.17, 15) is 9.18 Å². The molecule has 0 saturated carbocycles. The van der Waals surface area contributed by atoms with Gasteiger partial charge in [-0.1, -0.05) is 13.8 Å². The number of ketones is 1. The number of carbonyl (C=O) groups excluding carboxylic acids is 1. The van der Waals surface area contributed by atoms with Crippen molar-refractivity contribution in [1.82, 2.24) is 9.78 Å². The third kappa shape index (κ3) is 2.05. The van der Waals surface area contributed by atoms with Crippen molar-refractivity contribution in [3.05, 3.63) is 47.0 Å². The fraction of sp³-hybridized carbons (Fsp3) is 0.375. The van der Waals surface area contributed by atoms with E-state index in [2.05, 4.69) is 18.9 Å². The maximum atomic E-state index is 13.2. The molecule has 0 spiro atoms. The summed E-state index contributed by atoms with van der Waals surface area (Å²) in [6.07, 6.45) is 2.98.